The molecule has 0 radical (unpaired) electrons. The Bertz CT molecular complexity index is 1300. The van der Waals surface area contributed by atoms with Crippen LogP contribution in [0.25, 0.3) is 33.1 Å². The van der Waals surface area contributed by atoms with E-state index in [4.69, 9.17) is 4.63 Å². The first-order valence-corrected chi connectivity index (χ1v) is 7.84. The largest absolute Gasteiger partial charge is 0.295 e. The lowest BCUT2D eigenvalue weighted by Crippen LogP contribution is -1.92. The first-order valence-electron chi connectivity index (χ1n) is 7.84. The molecule has 1 amide bonds. The minimum atomic E-state index is -0.422. The summed E-state index contributed by atoms with van der Waals surface area (Å²) in [6.07, 6.45) is 0. The van der Waals surface area contributed by atoms with Gasteiger partial charge in [-0.2, -0.15) is 5.16 Å². The number of H-pyrrole nitrogens is 1. The van der Waals surface area contributed by atoms with Gasteiger partial charge in [-0.1, -0.05) is 42.5 Å². The summed E-state index contributed by atoms with van der Waals surface area (Å²) in [6.45, 7) is 0. The minimum absolute atomic E-state index is 0.372. The number of carbonyl (C=O) groups is 1. The lowest BCUT2D eigenvalue weighted by atomic mass is 10.2. The minimum Gasteiger partial charge on any atom is -0.267 e. The van der Waals surface area contributed by atoms with Crippen molar-refractivity contribution in [3.8, 4) is 0 Å². The molecule has 5 rings (SSSR count). The van der Waals surface area contributed by atoms with Gasteiger partial charge >= 0.3 is 0 Å². The molecule has 3 aromatic carbocycles. The van der Waals surface area contributed by atoms with Gasteiger partial charge in [0.1, 0.15) is 16.7 Å². The van der Waals surface area contributed by atoms with Crippen LogP contribution in [-0.4, -0.2) is 26.2 Å². The SMILES string of the molecule is O=C(N=Nc1c2ccccc2c2nc3no[nH]c3nc12)c1ccccc1. The standard InChI is InChI=1S/C18H10N6O2/c25-18(10-6-2-1-3-7-10)22-21-14-12-9-5-4-8-11(12)13-15(14)20-17-16(19-13)23-26-24-17/h1-9H,(H,20,24). The third-order valence-electron chi connectivity index (χ3n) is 4.08. The van der Waals surface area contributed by atoms with Crippen molar-refractivity contribution >= 4 is 44.7 Å². The van der Waals surface area contributed by atoms with Crippen LogP contribution >= 0.6 is 0 Å². The third-order valence-corrected chi connectivity index (χ3v) is 4.08. The molecule has 0 fully saturated rings. The molecule has 124 valence electrons. The summed E-state index contributed by atoms with van der Waals surface area (Å²) in [5.41, 5.74) is 2.90. The molecule has 1 N–H and O–H groups in total. The number of azo groups is 1. The Kier molecular flexibility index (Phi) is 3.08. The quantitative estimate of drug-likeness (QED) is 0.484. The van der Waals surface area contributed by atoms with Crippen molar-refractivity contribution < 1.29 is 9.42 Å². The van der Waals surface area contributed by atoms with Gasteiger partial charge in [0.05, 0.1) is 0 Å². The molecule has 0 aliphatic heterocycles. The number of nitrogens with zero attached hydrogens (tertiary/aromatic N) is 5. The highest BCUT2D eigenvalue weighted by atomic mass is 16.6. The van der Waals surface area contributed by atoms with Crippen LogP contribution in [0, 0.1) is 0 Å². The maximum Gasteiger partial charge on any atom is 0.295 e. The number of carbonyl (C=O) groups excluding carboxylic acids is 1. The number of nitrogens with one attached hydrogen (secondary N) is 1. The Balaban J connectivity index is 1.72. The van der Waals surface area contributed by atoms with Crippen molar-refractivity contribution in [1.29, 1.82) is 0 Å². The number of benzene rings is 2. The second-order valence-corrected chi connectivity index (χ2v) is 5.64. The van der Waals surface area contributed by atoms with E-state index in [0.29, 0.717) is 33.6 Å². The monoisotopic (exact) mass is 342 g/mol. The van der Waals surface area contributed by atoms with Gasteiger partial charge in [0.15, 0.2) is 0 Å². The van der Waals surface area contributed by atoms with Crippen molar-refractivity contribution in [3.63, 3.8) is 0 Å². The lowest BCUT2D eigenvalue weighted by Gasteiger charge is -1.94. The van der Waals surface area contributed by atoms with E-state index in [1.165, 1.54) is 0 Å². The van der Waals surface area contributed by atoms with Gasteiger partial charge in [-0.05, 0) is 17.3 Å². The molecule has 0 saturated carbocycles. The second kappa shape index (κ2) is 5.55. The van der Waals surface area contributed by atoms with Crippen LogP contribution in [0.15, 0.2) is 69.5 Å². The van der Waals surface area contributed by atoms with Crippen molar-refractivity contribution in [1.82, 2.24) is 20.3 Å². The van der Waals surface area contributed by atoms with Crippen LogP contribution in [0.3, 0.4) is 0 Å². The van der Waals surface area contributed by atoms with E-state index in [-0.39, 0.29) is 0 Å². The van der Waals surface area contributed by atoms with Gasteiger partial charge in [0.25, 0.3) is 5.91 Å². The normalized spacial score (nSPS) is 11.8. The van der Waals surface area contributed by atoms with Crippen molar-refractivity contribution in [2.75, 3.05) is 0 Å². The van der Waals surface area contributed by atoms with Crippen LogP contribution in [0.1, 0.15) is 10.4 Å². The van der Waals surface area contributed by atoms with Gasteiger partial charge in [-0.25, -0.2) is 9.97 Å². The van der Waals surface area contributed by atoms with Crippen LogP contribution in [0.2, 0.25) is 0 Å². The zero-order chi connectivity index (χ0) is 17.5. The first-order chi connectivity index (χ1) is 12.8. The molecule has 0 aliphatic carbocycles. The maximum atomic E-state index is 12.3. The summed E-state index contributed by atoms with van der Waals surface area (Å²) in [6, 6.07) is 16.4. The molecular weight excluding hydrogens is 332 g/mol. The fourth-order valence-corrected chi connectivity index (χ4v) is 2.88. The number of hydrogen-bond acceptors (Lipinski definition) is 6. The molecule has 26 heavy (non-hydrogen) atoms. The van der Waals surface area contributed by atoms with Crippen LogP contribution in [0.4, 0.5) is 5.69 Å². The number of rotatable bonds is 2. The van der Waals surface area contributed by atoms with E-state index in [9.17, 15) is 4.79 Å². The van der Waals surface area contributed by atoms with E-state index in [1.807, 2.05) is 30.3 Å². The molecule has 0 atom stereocenters. The third kappa shape index (κ3) is 2.16. The summed E-state index contributed by atoms with van der Waals surface area (Å²) in [5, 5.41) is 16.1. The topological polar surface area (TPSA) is 109 Å². The molecule has 5 aromatic rings. The summed E-state index contributed by atoms with van der Waals surface area (Å²) >= 11 is 0. The number of amides is 1. The molecule has 8 nitrogen and oxygen atoms in total. The summed E-state index contributed by atoms with van der Waals surface area (Å²) in [5.74, 6) is -0.422. The van der Waals surface area contributed by atoms with Gasteiger partial charge in [0.2, 0.25) is 11.3 Å². The fraction of sp³-hybridized carbons (Fsp3) is 0. The van der Waals surface area contributed by atoms with Gasteiger partial charge in [0, 0.05) is 16.3 Å². The van der Waals surface area contributed by atoms with E-state index in [1.54, 1.807) is 24.3 Å². The Morgan fingerprint density at radius 2 is 1.69 bits per heavy atom. The summed E-state index contributed by atoms with van der Waals surface area (Å²) < 4.78 is 4.81. The van der Waals surface area contributed by atoms with Crippen molar-refractivity contribution in [2.24, 2.45) is 10.2 Å². The van der Waals surface area contributed by atoms with Crippen LogP contribution in [0.5, 0.6) is 0 Å². The van der Waals surface area contributed by atoms with Crippen molar-refractivity contribution in [3.05, 3.63) is 60.2 Å². The zero-order valence-corrected chi connectivity index (χ0v) is 13.2. The van der Waals surface area contributed by atoms with Gasteiger partial charge < -0.3 is 0 Å². The Morgan fingerprint density at radius 1 is 0.923 bits per heavy atom. The zero-order valence-electron chi connectivity index (χ0n) is 13.2. The van der Waals surface area contributed by atoms with E-state index in [0.717, 1.165) is 10.8 Å². The molecule has 8 heteroatoms. The molecule has 2 aromatic heterocycles. The lowest BCUT2D eigenvalue weighted by molar-refractivity contribution is 0.0995. The Labute approximate surface area is 145 Å². The molecular formula is C18H10N6O2. The summed E-state index contributed by atoms with van der Waals surface area (Å²) in [7, 11) is 0. The molecule has 2 heterocycles. The second-order valence-electron chi connectivity index (χ2n) is 5.64. The van der Waals surface area contributed by atoms with E-state index >= 15 is 0 Å². The van der Waals surface area contributed by atoms with E-state index < -0.39 is 5.91 Å². The number of aromatic nitrogens is 4. The summed E-state index contributed by atoms with van der Waals surface area (Å²) in [4.78, 5) is 21.2. The van der Waals surface area contributed by atoms with Gasteiger partial charge in [-0.3, -0.25) is 9.42 Å². The van der Waals surface area contributed by atoms with Crippen LogP contribution in [-0.2, 0) is 0 Å². The highest BCUT2D eigenvalue weighted by Gasteiger charge is 2.17. The molecule has 0 unspecified atom stereocenters. The highest BCUT2D eigenvalue weighted by Crippen LogP contribution is 2.38. The molecule has 0 aliphatic rings. The Hall–Kier alpha value is -3.94. The average Bonchev–Trinajstić information content (AvgIpc) is 3.27. The highest BCUT2D eigenvalue weighted by molar-refractivity contribution is 6.18. The average molecular weight is 342 g/mol. The maximum absolute atomic E-state index is 12.3. The molecule has 0 bridgehead atoms. The van der Waals surface area contributed by atoms with E-state index in [2.05, 4.69) is 30.5 Å². The van der Waals surface area contributed by atoms with Crippen LogP contribution < -0.4 is 0 Å². The number of fused-ring (bicyclic) bond motifs is 4. The number of hydrogen-bond donors (Lipinski definition) is 1. The van der Waals surface area contributed by atoms with Crippen molar-refractivity contribution in [2.45, 2.75) is 0 Å². The smallest absolute Gasteiger partial charge is 0.267 e. The molecule has 0 spiro atoms. The van der Waals surface area contributed by atoms with Gasteiger partial charge in [-0.15, -0.1) is 10.2 Å². The predicted octanol–water partition coefficient (Wildman–Crippen LogP) is 4.18. The number of aromatic amines is 1. The first kappa shape index (κ1) is 14.4. The molecule has 0 saturated heterocycles. The fourth-order valence-electron chi connectivity index (χ4n) is 2.88. The predicted molar refractivity (Wildman–Crippen MR) is 94.3 cm³/mol. The Morgan fingerprint density at radius 3 is 2.54 bits per heavy atom.